The number of carboxylic acids is 1. The molecule has 0 atom stereocenters. The van der Waals surface area contributed by atoms with Crippen molar-refractivity contribution in [3.8, 4) is 0 Å². The summed E-state index contributed by atoms with van der Waals surface area (Å²) in [6.07, 6.45) is 1.56. The van der Waals surface area contributed by atoms with Gasteiger partial charge in [0.05, 0.1) is 5.56 Å². The third-order valence-electron chi connectivity index (χ3n) is 2.11. The van der Waals surface area contributed by atoms with Crippen LogP contribution in [0.5, 0.6) is 0 Å². The maximum atomic E-state index is 11.1. The zero-order chi connectivity index (χ0) is 12.4. The molecule has 0 unspecified atom stereocenters. The molecule has 2 rings (SSSR count). The lowest BCUT2D eigenvalue weighted by atomic mass is 10.2. The monoisotopic (exact) mass is 251 g/mol. The van der Waals surface area contributed by atoms with Crippen LogP contribution in [0.25, 0.3) is 0 Å². The molecule has 0 radical (unpaired) electrons. The minimum Gasteiger partial charge on any atom is -0.478 e. The molecule has 8 heteroatoms. The second-order valence-corrected chi connectivity index (χ2v) is 4.26. The van der Waals surface area contributed by atoms with Gasteiger partial charge in [-0.05, 0) is 40.7 Å². The Kier molecular flexibility index (Phi) is 3.05. The van der Waals surface area contributed by atoms with Gasteiger partial charge in [-0.3, -0.25) is 0 Å². The minimum absolute atomic E-state index is 0.181. The number of aromatic nitrogens is 5. The van der Waals surface area contributed by atoms with E-state index in [1.54, 1.807) is 26.2 Å². The number of hydrogen-bond donors (Lipinski definition) is 1. The first-order valence-corrected chi connectivity index (χ1v) is 5.50. The summed E-state index contributed by atoms with van der Waals surface area (Å²) in [5, 5.41) is 20.9. The first-order valence-electron chi connectivity index (χ1n) is 4.68. The molecule has 0 saturated carbocycles. The highest BCUT2D eigenvalue weighted by atomic mass is 32.2. The maximum absolute atomic E-state index is 11.1. The summed E-state index contributed by atoms with van der Waals surface area (Å²) in [4.78, 5) is 15.2. The fourth-order valence-electron chi connectivity index (χ4n) is 1.27. The van der Waals surface area contributed by atoms with Crippen molar-refractivity contribution in [1.82, 2.24) is 25.2 Å². The van der Waals surface area contributed by atoms with E-state index < -0.39 is 5.97 Å². The minimum atomic E-state index is -1.01. The van der Waals surface area contributed by atoms with Gasteiger partial charge in [-0.2, -0.15) is 0 Å². The molecule has 0 aliphatic carbocycles. The van der Waals surface area contributed by atoms with Crippen molar-refractivity contribution in [3.63, 3.8) is 0 Å². The van der Waals surface area contributed by atoms with Gasteiger partial charge in [-0.15, -0.1) is 5.10 Å². The van der Waals surface area contributed by atoms with Crippen LogP contribution in [0.3, 0.4) is 0 Å². The first kappa shape index (κ1) is 11.5. The quantitative estimate of drug-likeness (QED) is 0.860. The summed E-state index contributed by atoms with van der Waals surface area (Å²) in [6.45, 7) is 1.73. The molecule has 2 aromatic rings. The Morgan fingerprint density at radius 1 is 1.53 bits per heavy atom. The number of rotatable bonds is 3. The predicted octanol–water partition coefficient (Wildman–Crippen LogP) is 0.763. The van der Waals surface area contributed by atoms with Crippen molar-refractivity contribution in [2.45, 2.75) is 17.1 Å². The molecular weight excluding hydrogens is 242 g/mol. The van der Waals surface area contributed by atoms with E-state index in [9.17, 15) is 4.79 Å². The Hall–Kier alpha value is -1.96. The van der Waals surface area contributed by atoms with Gasteiger partial charge in [0, 0.05) is 13.2 Å². The average Bonchev–Trinajstić information content (AvgIpc) is 2.64. The zero-order valence-corrected chi connectivity index (χ0v) is 9.97. The van der Waals surface area contributed by atoms with Crippen LogP contribution in [-0.4, -0.2) is 36.3 Å². The molecule has 0 spiro atoms. The van der Waals surface area contributed by atoms with Crippen molar-refractivity contribution in [2.24, 2.45) is 7.05 Å². The molecule has 7 nitrogen and oxygen atoms in total. The van der Waals surface area contributed by atoms with Crippen LogP contribution < -0.4 is 0 Å². The first-order chi connectivity index (χ1) is 8.09. The van der Waals surface area contributed by atoms with Crippen molar-refractivity contribution in [1.29, 1.82) is 0 Å². The van der Waals surface area contributed by atoms with Crippen LogP contribution >= 0.6 is 11.8 Å². The molecule has 2 heterocycles. The molecule has 2 aromatic heterocycles. The van der Waals surface area contributed by atoms with Gasteiger partial charge < -0.3 is 5.11 Å². The highest BCUT2D eigenvalue weighted by Gasteiger charge is 2.17. The highest BCUT2D eigenvalue weighted by molar-refractivity contribution is 7.99. The van der Waals surface area contributed by atoms with Crippen molar-refractivity contribution >= 4 is 17.7 Å². The Morgan fingerprint density at radius 3 is 2.88 bits per heavy atom. The lowest BCUT2D eigenvalue weighted by Gasteiger charge is -2.05. The number of pyridine rings is 1. The average molecular weight is 251 g/mol. The standard InChI is InChI=1S/C9H9N5O2S/c1-5-3-4-10-7(6(5)8(15)16)17-9-11-12-13-14(9)2/h3-4H,1-2H3,(H,15,16). The molecule has 88 valence electrons. The molecule has 0 aliphatic heterocycles. The fourth-order valence-corrected chi connectivity index (χ4v) is 2.15. The number of aromatic carboxylic acids is 1. The van der Waals surface area contributed by atoms with E-state index in [1.165, 1.54) is 4.68 Å². The van der Waals surface area contributed by atoms with Crippen molar-refractivity contribution in [2.75, 3.05) is 0 Å². The second-order valence-electron chi connectivity index (χ2n) is 3.30. The summed E-state index contributed by atoms with van der Waals surface area (Å²) in [6, 6.07) is 1.66. The molecular formula is C9H9N5O2S. The Bertz CT molecular complexity index is 568. The Labute approximate surface area is 101 Å². The van der Waals surface area contributed by atoms with Gasteiger partial charge in [0.25, 0.3) is 0 Å². The summed E-state index contributed by atoms with van der Waals surface area (Å²) >= 11 is 1.12. The van der Waals surface area contributed by atoms with E-state index in [4.69, 9.17) is 5.11 Å². The molecule has 0 aliphatic rings. The summed E-state index contributed by atoms with van der Waals surface area (Å²) in [5.74, 6) is -1.01. The van der Waals surface area contributed by atoms with E-state index >= 15 is 0 Å². The smallest absolute Gasteiger partial charge is 0.338 e. The van der Waals surface area contributed by atoms with Crippen LogP contribution in [0.15, 0.2) is 22.4 Å². The molecule has 0 saturated heterocycles. The van der Waals surface area contributed by atoms with E-state index in [-0.39, 0.29) is 5.56 Å². The Morgan fingerprint density at radius 2 is 2.29 bits per heavy atom. The SMILES string of the molecule is Cc1ccnc(Sc2nnnn2C)c1C(=O)O. The van der Waals surface area contributed by atoms with E-state index in [2.05, 4.69) is 20.5 Å². The lowest BCUT2D eigenvalue weighted by Crippen LogP contribution is -2.04. The van der Waals surface area contributed by atoms with Crippen LogP contribution in [0.1, 0.15) is 15.9 Å². The summed E-state index contributed by atoms with van der Waals surface area (Å²) < 4.78 is 1.46. The van der Waals surface area contributed by atoms with Gasteiger partial charge in [0.2, 0.25) is 5.16 Å². The maximum Gasteiger partial charge on any atom is 0.338 e. The lowest BCUT2D eigenvalue weighted by molar-refractivity contribution is 0.0691. The number of carbonyl (C=O) groups is 1. The number of tetrazole rings is 1. The second kappa shape index (κ2) is 4.50. The number of carboxylic acid groups (broad SMARTS) is 1. The van der Waals surface area contributed by atoms with Crippen molar-refractivity contribution in [3.05, 3.63) is 23.4 Å². The van der Waals surface area contributed by atoms with Gasteiger partial charge >= 0.3 is 5.97 Å². The number of aryl methyl sites for hydroxylation is 2. The normalized spacial score (nSPS) is 10.5. The molecule has 1 N–H and O–H groups in total. The van der Waals surface area contributed by atoms with E-state index in [1.807, 2.05) is 0 Å². The zero-order valence-electron chi connectivity index (χ0n) is 9.15. The van der Waals surface area contributed by atoms with Gasteiger partial charge in [-0.25, -0.2) is 14.5 Å². The number of hydrogen-bond acceptors (Lipinski definition) is 6. The van der Waals surface area contributed by atoms with E-state index in [0.717, 1.165) is 11.8 Å². The molecule has 0 bridgehead atoms. The van der Waals surface area contributed by atoms with Gasteiger partial charge in [0.15, 0.2) is 0 Å². The van der Waals surface area contributed by atoms with Crippen LogP contribution in [0.4, 0.5) is 0 Å². The molecule has 17 heavy (non-hydrogen) atoms. The molecule has 0 aromatic carbocycles. The highest BCUT2D eigenvalue weighted by Crippen LogP contribution is 2.27. The largest absolute Gasteiger partial charge is 0.478 e. The van der Waals surface area contributed by atoms with Crippen LogP contribution in [0.2, 0.25) is 0 Å². The van der Waals surface area contributed by atoms with Gasteiger partial charge in [-0.1, -0.05) is 0 Å². The third kappa shape index (κ3) is 2.26. The Balaban J connectivity index is 2.43. The fraction of sp³-hybridized carbons (Fsp3) is 0.222. The number of nitrogens with zero attached hydrogens (tertiary/aromatic N) is 5. The van der Waals surface area contributed by atoms with Crippen LogP contribution in [0, 0.1) is 6.92 Å². The van der Waals surface area contributed by atoms with Crippen LogP contribution in [-0.2, 0) is 7.05 Å². The summed E-state index contributed by atoms with van der Waals surface area (Å²) in [5.41, 5.74) is 0.839. The van der Waals surface area contributed by atoms with E-state index in [0.29, 0.717) is 15.7 Å². The van der Waals surface area contributed by atoms with Gasteiger partial charge in [0.1, 0.15) is 5.03 Å². The molecule has 0 fully saturated rings. The third-order valence-corrected chi connectivity index (χ3v) is 3.14. The predicted molar refractivity (Wildman–Crippen MR) is 58.9 cm³/mol. The molecule has 0 amide bonds. The summed E-state index contributed by atoms with van der Waals surface area (Å²) in [7, 11) is 1.68. The van der Waals surface area contributed by atoms with Crippen molar-refractivity contribution < 1.29 is 9.90 Å². The topological polar surface area (TPSA) is 93.8 Å².